The third-order valence-corrected chi connectivity index (χ3v) is 3.41. The minimum Gasteiger partial charge on any atom is -0.399 e. The molecule has 0 unspecified atom stereocenters. The molecule has 2 aromatic carbocycles. The van der Waals surface area contributed by atoms with Crippen LogP contribution in [-0.4, -0.2) is 14.8 Å². The van der Waals surface area contributed by atoms with Crippen LogP contribution < -0.4 is 5.73 Å². The number of benzene rings is 2. The van der Waals surface area contributed by atoms with Gasteiger partial charge in [-0.25, -0.2) is 14.1 Å². The molecule has 0 radical (unpaired) electrons. The number of hydrogen-bond acceptors (Lipinski definition) is 3. The molecule has 3 rings (SSSR count). The van der Waals surface area contributed by atoms with Crippen molar-refractivity contribution < 1.29 is 4.39 Å². The van der Waals surface area contributed by atoms with Crippen molar-refractivity contribution in [1.82, 2.24) is 14.8 Å². The molecular formula is C15H12BrFN4. The van der Waals surface area contributed by atoms with E-state index in [1.807, 2.05) is 30.3 Å². The lowest BCUT2D eigenvalue weighted by Crippen LogP contribution is -2.01. The average molecular weight is 347 g/mol. The Morgan fingerprint density at radius 1 is 1.19 bits per heavy atom. The second-order valence-electron chi connectivity index (χ2n) is 4.67. The zero-order valence-electron chi connectivity index (χ0n) is 11.0. The molecule has 0 amide bonds. The van der Waals surface area contributed by atoms with E-state index >= 15 is 0 Å². The fourth-order valence-corrected chi connectivity index (χ4v) is 2.58. The molecule has 0 spiro atoms. The highest BCUT2D eigenvalue weighted by Gasteiger charge is 2.06. The van der Waals surface area contributed by atoms with Crippen molar-refractivity contribution >= 4 is 21.6 Å². The summed E-state index contributed by atoms with van der Waals surface area (Å²) in [5.41, 5.74) is 8.08. The van der Waals surface area contributed by atoms with Gasteiger partial charge in [0.25, 0.3) is 0 Å². The number of nitrogens with zero attached hydrogens (tertiary/aromatic N) is 3. The Balaban J connectivity index is 1.85. The molecule has 0 fully saturated rings. The van der Waals surface area contributed by atoms with Crippen molar-refractivity contribution in [3.05, 3.63) is 64.6 Å². The van der Waals surface area contributed by atoms with Gasteiger partial charge in [-0.3, -0.25) is 0 Å². The molecule has 0 aliphatic carbocycles. The van der Waals surface area contributed by atoms with Crippen LogP contribution in [0.15, 0.2) is 53.3 Å². The van der Waals surface area contributed by atoms with E-state index < -0.39 is 0 Å². The molecule has 3 aromatic rings. The lowest BCUT2D eigenvalue weighted by atomic mass is 10.2. The number of anilines is 1. The Morgan fingerprint density at radius 2 is 2.05 bits per heavy atom. The van der Waals surface area contributed by atoms with E-state index in [1.54, 1.807) is 11.0 Å². The highest BCUT2D eigenvalue weighted by atomic mass is 79.9. The summed E-state index contributed by atoms with van der Waals surface area (Å²) >= 11 is 3.28. The van der Waals surface area contributed by atoms with Crippen LogP contribution in [0.25, 0.3) is 11.4 Å². The molecule has 4 nitrogen and oxygen atoms in total. The Labute approximate surface area is 129 Å². The molecule has 1 heterocycles. The van der Waals surface area contributed by atoms with E-state index in [1.165, 1.54) is 12.1 Å². The van der Waals surface area contributed by atoms with Crippen LogP contribution in [0.5, 0.6) is 0 Å². The topological polar surface area (TPSA) is 56.7 Å². The van der Waals surface area contributed by atoms with Crippen molar-refractivity contribution in [3.63, 3.8) is 0 Å². The third-order valence-electron chi connectivity index (χ3n) is 2.95. The minimum absolute atomic E-state index is 0.282. The lowest BCUT2D eigenvalue weighted by Gasteiger charge is -2.02. The van der Waals surface area contributed by atoms with Crippen molar-refractivity contribution in [1.29, 1.82) is 0 Å². The first-order valence-corrected chi connectivity index (χ1v) is 7.10. The summed E-state index contributed by atoms with van der Waals surface area (Å²) in [7, 11) is 0. The smallest absolute Gasteiger partial charge is 0.181 e. The minimum atomic E-state index is -0.282. The maximum Gasteiger partial charge on any atom is 0.181 e. The van der Waals surface area contributed by atoms with Gasteiger partial charge in [-0.1, -0.05) is 28.1 Å². The van der Waals surface area contributed by atoms with E-state index in [-0.39, 0.29) is 5.82 Å². The maximum absolute atomic E-state index is 13.4. The Kier molecular flexibility index (Phi) is 3.70. The summed E-state index contributed by atoms with van der Waals surface area (Å²) in [6.07, 6.45) is 1.62. The van der Waals surface area contributed by atoms with Gasteiger partial charge in [-0.05, 0) is 35.9 Å². The first-order valence-electron chi connectivity index (χ1n) is 6.30. The van der Waals surface area contributed by atoms with Gasteiger partial charge in [0.15, 0.2) is 5.82 Å². The summed E-state index contributed by atoms with van der Waals surface area (Å²) in [5, 5.41) is 4.39. The molecule has 6 heteroatoms. The van der Waals surface area contributed by atoms with Gasteiger partial charge in [0.2, 0.25) is 0 Å². The molecule has 0 aliphatic heterocycles. The van der Waals surface area contributed by atoms with E-state index in [2.05, 4.69) is 26.0 Å². The zero-order chi connectivity index (χ0) is 14.8. The standard InChI is InChI=1S/C15H12BrFN4/c16-12-4-10(5-13(17)7-12)8-21-9-19-15(20-21)11-2-1-3-14(18)6-11/h1-7,9H,8,18H2. The molecule has 2 N–H and O–H groups in total. The van der Waals surface area contributed by atoms with Gasteiger partial charge >= 0.3 is 0 Å². The van der Waals surface area contributed by atoms with Crippen LogP contribution in [-0.2, 0) is 6.54 Å². The summed E-state index contributed by atoms with van der Waals surface area (Å²) in [5.74, 6) is 0.313. The molecule has 106 valence electrons. The normalized spacial score (nSPS) is 10.8. The van der Waals surface area contributed by atoms with E-state index in [9.17, 15) is 4.39 Å². The van der Waals surface area contributed by atoms with Crippen molar-refractivity contribution in [3.8, 4) is 11.4 Å². The fraction of sp³-hybridized carbons (Fsp3) is 0.0667. The number of rotatable bonds is 3. The summed E-state index contributed by atoms with van der Waals surface area (Å²) in [4.78, 5) is 4.26. The van der Waals surface area contributed by atoms with E-state index in [4.69, 9.17) is 5.73 Å². The van der Waals surface area contributed by atoms with Gasteiger partial charge in [-0.15, -0.1) is 0 Å². The molecule has 21 heavy (non-hydrogen) atoms. The van der Waals surface area contributed by atoms with Crippen LogP contribution in [0.4, 0.5) is 10.1 Å². The predicted molar refractivity (Wildman–Crippen MR) is 83.1 cm³/mol. The van der Waals surface area contributed by atoms with Gasteiger partial charge in [0, 0.05) is 15.7 Å². The highest BCUT2D eigenvalue weighted by Crippen LogP contribution is 2.18. The van der Waals surface area contributed by atoms with Crippen molar-refractivity contribution in [2.24, 2.45) is 0 Å². The number of halogens is 2. The number of nitrogens with two attached hydrogens (primary N) is 1. The summed E-state index contributed by atoms with van der Waals surface area (Å²) in [6, 6.07) is 12.1. The third kappa shape index (κ3) is 3.28. The molecule has 0 aliphatic rings. The maximum atomic E-state index is 13.4. The predicted octanol–water partition coefficient (Wildman–Crippen LogP) is 3.48. The van der Waals surface area contributed by atoms with Gasteiger partial charge < -0.3 is 5.73 Å². The molecule has 0 saturated heterocycles. The van der Waals surface area contributed by atoms with Crippen molar-refractivity contribution in [2.75, 3.05) is 5.73 Å². The summed E-state index contributed by atoms with van der Waals surface area (Å²) in [6.45, 7) is 0.450. The average Bonchev–Trinajstić information content (AvgIpc) is 2.86. The number of nitrogen functional groups attached to an aromatic ring is 1. The van der Waals surface area contributed by atoms with Gasteiger partial charge in [0.1, 0.15) is 12.1 Å². The molecule has 0 bridgehead atoms. The summed E-state index contributed by atoms with van der Waals surface area (Å²) < 4.78 is 15.7. The Hall–Kier alpha value is -2.21. The largest absolute Gasteiger partial charge is 0.399 e. The second kappa shape index (κ2) is 5.65. The quantitative estimate of drug-likeness (QED) is 0.738. The van der Waals surface area contributed by atoms with Crippen LogP contribution >= 0.6 is 15.9 Å². The van der Waals surface area contributed by atoms with Crippen molar-refractivity contribution in [2.45, 2.75) is 6.54 Å². The Morgan fingerprint density at radius 3 is 2.81 bits per heavy atom. The zero-order valence-corrected chi connectivity index (χ0v) is 12.6. The first-order chi connectivity index (χ1) is 10.1. The van der Waals surface area contributed by atoms with Crippen LogP contribution in [0.3, 0.4) is 0 Å². The van der Waals surface area contributed by atoms with Crippen LogP contribution in [0.1, 0.15) is 5.56 Å². The van der Waals surface area contributed by atoms with E-state index in [0.717, 1.165) is 11.1 Å². The van der Waals surface area contributed by atoms with Crippen LogP contribution in [0, 0.1) is 5.82 Å². The molecule has 1 aromatic heterocycles. The monoisotopic (exact) mass is 346 g/mol. The Bertz CT molecular complexity index is 765. The number of hydrogen-bond donors (Lipinski definition) is 1. The lowest BCUT2D eigenvalue weighted by molar-refractivity contribution is 0.618. The molecule has 0 atom stereocenters. The fourth-order valence-electron chi connectivity index (χ4n) is 2.07. The van der Waals surface area contributed by atoms with E-state index in [0.29, 0.717) is 22.5 Å². The second-order valence-corrected chi connectivity index (χ2v) is 5.58. The van der Waals surface area contributed by atoms with Crippen LogP contribution in [0.2, 0.25) is 0 Å². The molecule has 0 saturated carbocycles. The first kappa shape index (κ1) is 13.8. The van der Waals surface area contributed by atoms with Gasteiger partial charge in [0.05, 0.1) is 6.54 Å². The SMILES string of the molecule is Nc1cccc(-c2ncn(Cc3cc(F)cc(Br)c3)n2)c1. The number of aromatic nitrogens is 3. The van der Waals surface area contributed by atoms with Gasteiger partial charge in [-0.2, -0.15) is 5.10 Å². The highest BCUT2D eigenvalue weighted by molar-refractivity contribution is 9.10. The molecular weight excluding hydrogens is 335 g/mol.